The second kappa shape index (κ2) is 7.03. The van der Waals surface area contributed by atoms with Crippen LogP contribution in [-0.2, 0) is 15.1 Å². The zero-order valence-corrected chi connectivity index (χ0v) is 15.2. The van der Waals surface area contributed by atoms with E-state index in [-0.39, 0.29) is 6.10 Å². The van der Waals surface area contributed by atoms with Crippen molar-refractivity contribution in [2.24, 2.45) is 5.92 Å². The van der Waals surface area contributed by atoms with Crippen molar-refractivity contribution in [1.82, 2.24) is 4.90 Å². The number of carbonyl (C=O) groups excluding carboxylic acids is 1. The number of hydrogen-bond donors (Lipinski definition) is 1. The van der Waals surface area contributed by atoms with E-state index in [9.17, 15) is 9.90 Å². The van der Waals surface area contributed by atoms with Crippen molar-refractivity contribution in [3.8, 4) is 0 Å². The van der Waals surface area contributed by atoms with Gasteiger partial charge in [-0.2, -0.15) is 0 Å². The topological polar surface area (TPSA) is 49.8 Å². The summed E-state index contributed by atoms with van der Waals surface area (Å²) in [6.45, 7) is 2.89. The molecule has 2 aromatic rings. The third-order valence-corrected chi connectivity index (χ3v) is 5.86. The Morgan fingerprint density at radius 1 is 1.04 bits per heavy atom. The second-order valence-electron chi connectivity index (χ2n) is 7.17. The van der Waals surface area contributed by atoms with Crippen molar-refractivity contribution in [3.63, 3.8) is 0 Å². The first-order valence-electron chi connectivity index (χ1n) is 9.05. The third kappa shape index (κ3) is 3.13. The van der Waals surface area contributed by atoms with E-state index in [2.05, 4.69) is 4.90 Å². The first-order chi connectivity index (χ1) is 12.6. The molecule has 0 aromatic heterocycles. The van der Waals surface area contributed by atoms with E-state index in [1.54, 1.807) is 48.5 Å². The summed E-state index contributed by atoms with van der Waals surface area (Å²) in [7, 11) is 0. The molecule has 3 aliphatic heterocycles. The van der Waals surface area contributed by atoms with Crippen LogP contribution in [0.4, 0.5) is 0 Å². The molecule has 3 aliphatic rings. The molecule has 5 rings (SSSR count). The summed E-state index contributed by atoms with van der Waals surface area (Å²) in [6.07, 6.45) is 1.93. The smallest absolute Gasteiger partial charge is 0.348 e. The monoisotopic (exact) mass is 371 g/mol. The van der Waals surface area contributed by atoms with Crippen molar-refractivity contribution < 1.29 is 14.6 Å². The Kier molecular flexibility index (Phi) is 4.74. The molecule has 2 unspecified atom stereocenters. The van der Waals surface area contributed by atoms with Crippen LogP contribution < -0.4 is 0 Å². The maximum absolute atomic E-state index is 13.2. The third-order valence-electron chi connectivity index (χ3n) is 5.60. The molecule has 2 atom stereocenters. The maximum atomic E-state index is 13.2. The number of fused-ring (bicyclic) bond motifs is 3. The molecule has 3 saturated heterocycles. The Morgan fingerprint density at radius 3 is 2.23 bits per heavy atom. The average molecular weight is 372 g/mol. The Morgan fingerprint density at radius 2 is 1.65 bits per heavy atom. The van der Waals surface area contributed by atoms with Gasteiger partial charge in [0.25, 0.3) is 0 Å². The summed E-state index contributed by atoms with van der Waals surface area (Å²) in [4.78, 5) is 15.5. The number of benzene rings is 2. The molecule has 4 nitrogen and oxygen atoms in total. The normalized spacial score (nSPS) is 26.9. The van der Waals surface area contributed by atoms with E-state index >= 15 is 0 Å². The number of piperidine rings is 3. The van der Waals surface area contributed by atoms with Gasteiger partial charge in [-0.1, -0.05) is 54.1 Å². The van der Waals surface area contributed by atoms with Crippen LogP contribution in [0.1, 0.15) is 24.0 Å². The van der Waals surface area contributed by atoms with E-state index in [0.717, 1.165) is 32.5 Å². The number of ether oxygens (including phenoxy) is 1. The second-order valence-corrected chi connectivity index (χ2v) is 7.60. The van der Waals surface area contributed by atoms with Gasteiger partial charge in [0, 0.05) is 11.6 Å². The lowest BCUT2D eigenvalue weighted by Crippen LogP contribution is -2.53. The Labute approximate surface area is 158 Å². The maximum Gasteiger partial charge on any atom is 0.348 e. The Hall–Kier alpha value is -1.88. The molecule has 3 heterocycles. The van der Waals surface area contributed by atoms with Gasteiger partial charge in [0.2, 0.25) is 5.60 Å². The molecule has 2 bridgehead atoms. The van der Waals surface area contributed by atoms with Crippen LogP contribution >= 0.6 is 11.6 Å². The lowest BCUT2D eigenvalue weighted by Gasteiger charge is -2.44. The first kappa shape index (κ1) is 17.5. The summed E-state index contributed by atoms with van der Waals surface area (Å²) in [5.41, 5.74) is -0.898. The van der Waals surface area contributed by atoms with E-state index in [1.165, 1.54) is 0 Å². The highest BCUT2D eigenvalue weighted by molar-refractivity contribution is 6.30. The Bertz CT molecular complexity index is 772. The summed E-state index contributed by atoms with van der Waals surface area (Å²) in [5.74, 6) is -0.237. The van der Waals surface area contributed by atoms with Gasteiger partial charge in [-0.3, -0.25) is 4.90 Å². The van der Waals surface area contributed by atoms with Gasteiger partial charge < -0.3 is 9.84 Å². The number of carbonyl (C=O) groups is 1. The predicted octanol–water partition coefficient (Wildman–Crippen LogP) is 3.21. The van der Waals surface area contributed by atoms with Crippen molar-refractivity contribution >= 4 is 17.6 Å². The molecule has 5 heteroatoms. The molecular formula is C21H22ClNO3. The largest absolute Gasteiger partial charge is 0.458 e. The van der Waals surface area contributed by atoms with Crippen LogP contribution in [0.2, 0.25) is 5.02 Å². The van der Waals surface area contributed by atoms with Crippen LogP contribution in [-0.4, -0.2) is 41.7 Å². The van der Waals surface area contributed by atoms with Crippen LogP contribution in [0, 0.1) is 5.92 Å². The van der Waals surface area contributed by atoms with E-state index < -0.39 is 11.6 Å². The lowest BCUT2D eigenvalue weighted by molar-refractivity contribution is -0.177. The van der Waals surface area contributed by atoms with Gasteiger partial charge in [-0.15, -0.1) is 0 Å². The molecule has 0 aliphatic carbocycles. The zero-order chi connectivity index (χ0) is 18.1. The number of nitrogens with zero attached hydrogens (tertiary/aromatic N) is 1. The molecular weight excluding hydrogens is 350 g/mol. The van der Waals surface area contributed by atoms with Gasteiger partial charge in [0.1, 0.15) is 6.10 Å². The standard InChI is InChI=1S/C21H22ClNO3/c22-18-8-6-17(7-9-18)21(25,16-4-2-1-3-5-16)20(24)26-19-14-23-12-10-15(19)11-13-23/h1-9,15,19,25H,10-14H2. The van der Waals surface area contributed by atoms with Crippen molar-refractivity contribution in [3.05, 3.63) is 70.7 Å². The highest BCUT2D eigenvalue weighted by atomic mass is 35.5. The van der Waals surface area contributed by atoms with Crippen LogP contribution in [0.3, 0.4) is 0 Å². The fourth-order valence-corrected chi connectivity index (χ4v) is 4.17. The fraction of sp³-hybridized carbons (Fsp3) is 0.381. The van der Waals surface area contributed by atoms with Crippen molar-refractivity contribution in [1.29, 1.82) is 0 Å². The highest BCUT2D eigenvalue weighted by Gasteiger charge is 2.45. The van der Waals surface area contributed by atoms with E-state index in [0.29, 0.717) is 22.1 Å². The SMILES string of the molecule is O=C(OC1CN2CCC1CC2)C(O)(c1ccccc1)c1ccc(Cl)cc1. The van der Waals surface area contributed by atoms with Crippen molar-refractivity contribution in [2.75, 3.05) is 19.6 Å². The molecule has 0 saturated carbocycles. The number of esters is 1. The minimum absolute atomic E-state index is 0.160. The van der Waals surface area contributed by atoms with Gasteiger partial charge in [-0.25, -0.2) is 4.79 Å². The fourth-order valence-electron chi connectivity index (χ4n) is 4.04. The van der Waals surface area contributed by atoms with Gasteiger partial charge in [0.15, 0.2) is 0 Å². The summed E-state index contributed by atoms with van der Waals surface area (Å²) >= 11 is 5.98. The highest BCUT2D eigenvalue weighted by Crippen LogP contribution is 2.35. The molecule has 0 radical (unpaired) electrons. The quantitative estimate of drug-likeness (QED) is 0.838. The van der Waals surface area contributed by atoms with Crippen LogP contribution in [0.25, 0.3) is 0 Å². The number of aliphatic hydroxyl groups is 1. The zero-order valence-electron chi connectivity index (χ0n) is 14.5. The van der Waals surface area contributed by atoms with E-state index in [1.807, 2.05) is 6.07 Å². The van der Waals surface area contributed by atoms with E-state index in [4.69, 9.17) is 16.3 Å². The lowest BCUT2D eigenvalue weighted by atomic mass is 9.84. The number of rotatable bonds is 4. The predicted molar refractivity (Wildman–Crippen MR) is 99.9 cm³/mol. The molecule has 3 fully saturated rings. The molecule has 26 heavy (non-hydrogen) atoms. The molecule has 136 valence electrons. The minimum Gasteiger partial charge on any atom is -0.458 e. The summed E-state index contributed by atoms with van der Waals surface area (Å²) in [6, 6.07) is 15.6. The molecule has 0 spiro atoms. The van der Waals surface area contributed by atoms with Gasteiger partial charge >= 0.3 is 5.97 Å². The molecule has 1 N–H and O–H groups in total. The van der Waals surface area contributed by atoms with Gasteiger partial charge in [0.05, 0.1) is 0 Å². The van der Waals surface area contributed by atoms with Crippen LogP contribution in [0.15, 0.2) is 54.6 Å². The number of halogens is 1. The minimum atomic E-state index is -1.85. The number of hydrogen-bond acceptors (Lipinski definition) is 4. The molecule has 0 amide bonds. The van der Waals surface area contributed by atoms with Crippen molar-refractivity contribution in [2.45, 2.75) is 24.5 Å². The summed E-state index contributed by atoms with van der Waals surface area (Å²) in [5, 5.41) is 12.0. The molecule has 2 aromatic carbocycles. The van der Waals surface area contributed by atoms with Crippen LogP contribution in [0.5, 0.6) is 0 Å². The average Bonchev–Trinajstić information content (AvgIpc) is 2.69. The summed E-state index contributed by atoms with van der Waals surface area (Å²) < 4.78 is 5.87. The van der Waals surface area contributed by atoms with Gasteiger partial charge in [-0.05, 0) is 55.1 Å². The Balaban J connectivity index is 1.66. The first-order valence-corrected chi connectivity index (χ1v) is 9.42.